The predicted molar refractivity (Wildman–Crippen MR) is 58.6 cm³/mol. The molecule has 0 unspecified atom stereocenters. The number of nitrogens with one attached hydrogen (secondary N) is 1. The van der Waals surface area contributed by atoms with Crippen molar-refractivity contribution in [3.8, 4) is 0 Å². The van der Waals surface area contributed by atoms with E-state index in [1.54, 1.807) is 27.7 Å². The number of rotatable bonds is 3. The first-order valence-electron chi connectivity index (χ1n) is 5.06. The number of nitrogens with two attached hydrogens (primary N) is 1. The van der Waals surface area contributed by atoms with Crippen LogP contribution in [-0.4, -0.2) is 29.9 Å². The zero-order valence-corrected chi connectivity index (χ0v) is 10.4. The highest BCUT2D eigenvalue weighted by molar-refractivity contribution is 5.84. The summed E-state index contributed by atoms with van der Waals surface area (Å²) in [6.07, 6.45) is -0.759. The van der Waals surface area contributed by atoms with E-state index in [0.717, 1.165) is 0 Å². The standard InChI is InChI=1S/C10H20N2O4/c1-6-15-7(13)10(5,11)12-8(14)16-9(2,3)4/h6,11H2,1-5H3,(H,12,14)/t10-/m0/s1. The van der Waals surface area contributed by atoms with Crippen LogP contribution in [0.4, 0.5) is 4.79 Å². The van der Waals surface area contributed by atoms with E-state index >= 15 is 0 Å². The normalized spacial score (nSPS) is 14.9. The molecule has 0 heterocycles. The molecular weight excluding hydrogens is 212 g/mol. The molecule has 94 valence electrons. The Bertz CT molecular complexity index is 268. The fourth-order valence-corrected chi connectivity index (χ4v) is 0.848. The van der Waals surface area contributed by atoms with Gasteiger partial charge in [-0.25, -0.2) is 9.59 Å². The van der Waals surface area contributed by atoms with Crippen molar-refractivity contribution in [2.24, 2.45) is 5.73 Å². The Kier molecular flexibility index (Phi) is 4.74. The summed E-state index contributed by atoms with van der Waals surface area (Å²) >= 11 is 0. The molecule has 0 rings (SSSR count). The zero-order chi connectivity index (χ0) is 13.0. The Morgan fingerprint density at radius 3 is 2.12 bits per heavy atom. The van der Waals surface area contributed by atoms with Crippen LogP contribution in [0.2, 0.25) is 0 Å². The van der Waals surface area contributed by atoms with Crippen LogP contribution in [-0.2, 0) is 14.3 Å². The van der Waals surface area contributed by atoms with Crippen LogP contribution in [0.1, 0.15) is 34.6 Å². The summed E-state index contributed by atoms with van der Waals surface area (Å²) < 4.78 is 9.67. The molecule has 0 aliphatic heterocycles. The van der Waals surface area contributed by atoms with Crippen molar-refractivity contribution in [3.63, 3.8) is 0 Å². The van der Waals surface area contributed by atoms with Gasteiger partial charge < -0.3 is 9.47 Å². The molecule has 16 heavy (non-hydrogen) atoms. The largest absolute Gasteiger partial charge is 0.463 e. The lowest BCUT2D eigenvalue weighted by atomic mass is 10.2. The molecule has 0 aromatic rings. The fourth-order valence-electron chi connectivity index (χ4n) is 0.848. The molecule has 6 heteroatoms. The Hall–Kier alpha value is -1.30. The molecule has 3 N–H and O–H groups in total. The third-order valence-electron chi connectivity index (χ3n) is 1.46. The van der Waals surface area contributed by atoms with Crippen LogP contribution in [0.3, 0.4) is 0 Å². The van der Waals surface area contributed by atoms with Crippen molar-refractivity contribution in [2.45, 2.75) is 45.9 Å². The monoisotopic (exact) mass is 232 g/mol. The molecule has 0 bridgehead atoms. The summed E-state index contributed by atoms with van der Waals surface area (Å²) in [6, 6.07) is 0. The molecule has 0 saturated heterocycles. The van der Waals surface area contributed by atoms with Gasteiger partial charge in [0.15, 0.2) is 5.66 Å². The number of esters is 1. The number of hydrogen-bond donors (Lipinski definition) is 2. The molecule has 0 saturated carbocycles. The van der Waals surface area contributed by atoms with Crippen LogP contribution >= 0.6 is 0 Å². The minimum atomic E-state index is -1.58. The smallest absolute Gasteiger partial charge is 0.409 e. The van der Waals surface area contributed by atoms with Crippen molar-refractivity contribution in [1.29, 1.82) is 0 Å². The Morgan fingerprint density at radius 1 is 1.25 bits per heavy atom. The van der Waals surface area contributed by atoms with Crippen molar-refractivity contribution in [1.82, 2.24) is 5.32 Å². The molecule has 0 aromatic carbocycles. The quantitative estimate of drug-likeness (QED) is 0.553. The van der Waals surface area contributed by atoms with E-state index in [-0.39, 0.29) is 6.61 Å². The molecule has 0 aliphatic carbocycles. The molecule has 0 aliphatic rings. The highest BCUT2D eigenvalue weighted by Crippen LogP contribution is 2.08. The van der Waals surface area contributed by atoms with Gasteiger partial charge in [-0.2, -0.15) is 0 Å². The first-order valence-corrected chi connectivity index (χ1v) is 5.06. The number of hydrogen-bond acceptors (Lipinski definition) is 5. The summed E-state index contributed by atoms with van der Waals surface area (Å²) in [6.45, 7) is 8.33. The van der Waals surface area contributed by atoms with Gasteiger partial charge in [0.05, 0.1) is 6.61 Å². The first kappa shape index (κ1) is 14.7. The minimum Gasteiger partial charge on any atom is -0.463 e. The van der Waals surface area contributed by atoms with E-state index < -0.39 is 23.3 Å². The Labute approximate surface area is 95.5 Å². The third kappa shape index (κ3) is 5.55. The number of amides is 1. The molecular formula is C10H20N2O4. The number of carbonyl (C=O) groups is 2. The molecule has 0 spiro atoms. The van der Waals surface area contributed by atoms with E-state index in [0.29, 0.717) is 0 Å². The van der Waals surface area contributed by atoms with Crippen LogP contribution in [0, 0.1) is 0 Å². The summed E-state index contributed by atoms with van der Waals surface area (Å²) in [4.78, 5) is 22.7. The average molecular weight is 232 g/mol. The van der Waals surface area contributed by atoms with Gasteiger partial charge in [0.1, 0.15) is 5.60 Å². The summed E-state index contributed by atoms with van der Waals surface area (Å²) in [5.74, 6) is -0.708. The van der Waals surface area contributed by atoms with Crippen LogP contribution in [0.5, 0.6) is 0 Å². The summed E-state index contributed by atoms with van der Waals surface area (Å²) in [5.41, 5.74) is 3.35. The van der Waals surface area contributed by atoms with Gasteiger partial charge in [0.25, 0.3) is 0 Å². The van der Waals surface area contributed by atoms with Gasteiger partial charge >= 0.3 is 12.1 Å². The predicted octanol–water partition coefficient (Wildman–Crippen LogP) is 0.749. The fraction of sp³-hybridized carbons (Fsp3) is 0.800. The molecule has 0 radical (unpaired) electrons. The van der Waals surface area contributed by atoms with Gasteiger partial charge in [-0.1, -0.05) is 0 Å². The van der Waals surface area contributed by atoms with Crippen molar-refractivity contribution in [2.75, 3.05) is 6.61 Å². The van der Waals surface area contributed by atoms with Crippen LogP contribution in [0.25, 0.3) is 0 Å². The molecule has 1 atom stereocenters. The Morgan fingerprint density at radius 2 is 1.75 bits per heavy atom. The van der Waals surface area contributed by atoms with Gasteiger partial charge in [0, 0.05) is 0 Å². The summed E-state index contributed by atoms with van der Waals surface area (Å²) in [5, 5.41) is 2.24. The lowest BCUT2D eigenvalue weighted by Crippen LogP contribution is -2.60. The third-order valence-corrected chi connectivity index (χ3v) is 1.46. The molecule has 6 nitrogen and oxygen atoms in total. The van der Waals surface area contributed by atoms with Crippen LogP contribution < -0.4 is 11.1 Å². The summed E-state index contributed by atoms with van der Waals surface area (Å²) in [7, 11) is 0. The maximum atomic E-state index is 11.4. The van der Waals surface area contributed by atoms with Gasteiger partial charge in [-0.3, -0.25) is 11.1 Å². The van der Waals surface area contributed by atoms with Gasteiger partial charge in [-0.15, -0.1) is 0 Å². The second-order valence-corrected chi connectivity index (χ2v) is 4.55. The molecule has 1 amide bonds. The first-order chi connectivity index (χ1) is 7.08. The average Bonchev–Trinajstić information content (AvgIpc) is 1.99. The van der Waals surface area contributed by atoms with Crippen molar-refractivity contribution in [3.05, 3.63) is 0 Å². The highest BCUT2D eigenvalue weighted by Gasteiger charge is 2.33. The Balaban J connectivity index is 4.36. The molecule has 0 fully saturated rings. The molecule has 0 aromatic heterocycles. The minimum absolute atomic E-state index is 0.196. The van der Waals surface area contributed by atoms with Crippen LogP contribution in [0.15, 0.2) is 0 Å². The van der Waals surface area contributed by atoms with Gasteiger partial charge in [0.2, 0.25) is 0 Å². The lowest BCUT2D eigenvalue weighted by molar-refractivity contribution is -0.150. The van der Waals surface area contributed by atoms with E-state index in [1.807, 2.05) is 0 Å². The second-order valence-electron chi connectivity index (χ2n) is 4.55. The van der Waals surface area contributed by atoms with Gasteiger partial charge in [-0.05, 0) is 34.6 Å². The van der Waals surface area contributed by atoms with E-state index in [9.17, 15) is 9.59 Å². The van der Waals surface area contributed by atoms with E-state index in [4.69, 9.17) is 15.2 Å². The topological polar surface area (TPSA) is 90.6 Å². The zero-order valence-electron chi connectivity index (χ0n) is 10.4. The second kappa shape index (κ2) is 5.16. The maximum absolute atomic E-state index is 11.4. The number of carbonyl (C=O) groups excluding carboxylic acids is 2. The number of ether oxygens (including phenoxy) is 2. The SMILES string of the molecule is CCOC(=O)[C@@](C)(N)NC(=O)OC(C)(C)C. The lowest BCUT2D eigenvalue weighted by Gasteiger charge is -2.26. The highest BCUT2D eigenvalue weighted by atomic mass is 16.6. The van der Waals surface area contributed by atoms with Crippen molar-refractivity contribution >= 4 is 12.1 Å². The maximum Gasteiger partial charge on any atom is 0.409 e. The van der Waals surface area contributed by atoms with E-state index in [1.165, 1.54) is 6.92 Å². The van der Waals surface area contributed by atoms with Crippen molar-refractivity contribution < 1.29 is 19.1 Å². The number of alkyl carbamates (subject to hydrolysis) is 1. The van der Waals surface area contributed by atoms with E-state index in [2.05, 4.69) is 5.32 Å².